The van der Waals surface area contributed by atoms with Gasteiger partial charge in [-0.25, -0.2) is 15.0 Å². The maximum atomic E-state index is 4.93. The summed E-state index contributed by atoms with van der Waals surface area (Å²) in [6, 6.07) is 53.1. The zero-order chi connectivity index (χ0) is 28.6. The summed E-state index contributed by atoms with van der Waals surface area (Å²) in [5.41, 5.74) is 13.1. The van der Waals surface area contributed by atoms with Gasteiger partial charge in [-0.2, -0.15) is 0 Å². The Morgan fingerprint density at radius 1 is 0.302 bits per heavy atom. The average Bonchev–Trinajstić information content (AvgIpc) is 3.47. The van der Waals surface area contributed by atoms with E-state index in [0.29, 0.717) is 17.5 Å². The van der Waals surface area contributed by atoms with Gasteiger partial charge >= 0.3 is 0 Å². The fraction of sp³-hybridized carbons (Fsp3) is 0.0250. The second-order valence-corrected chi connectivity index (χ2v) is 10.9. The lowest BCUT2D eigenvalue weighted by Gasteiger charge is -2.11. The smallest absolute Gasteiger partial charge is 0.164 e. The maximum absolute atomic E-state index is 4.93. The van der Waals surface area contributed by atoms with Crippen LogP contribution in [0.5, 0.6) is 0 Å². The number of hydrogen-bond donors (Lipinski definition) is 0. The highest BCUT2D eigenvalue weighted by Crippen LogP contribution is 2.39. The molecule has 0 spiro atoms. The van der Waals surface area contributed by atoms with Crippen LogP contribution < -0.4 is 0 Å². The van der Waals surface area contributed by atoms with E-state index in [1.165, 1.54) is 33.4 Å². The highest BCUT2D eigenvalue weighted by molar-refractivity contribution is 5.83. The van der Waals surface area contributed by atoms with Gasteiger partial charge in [-0.3, -0.25) is 0 Å². The van der Waals surface area contributed by atoms with E-state index in [1.807, 2.05) is 60.7 Å². The number of fused-ring (bicyclic) bond motifs is 3. The van der Waals surface area contributed by atoms with Crippen molar-refractivity contribution in [2.45, 2.75) is 6.42 Å². The molecule has 202 valence electrons. The van der Waals surface area contributed by atoms with E-state index >= 15 is 0 Å². The van der Waals surface area contributed by atoms with Crippen molar-refractivity contribution in [1.82, 2.24) is 15.0 Å². The maximum Gasteiger partial charge on any atom is 0.164 e. The zero-order valence-corrected chi connectivity index (χ0v) is 23.5. The molecule has 0 bridgehead atoms. The molecule has 7 aromatic rings. The molecule has 0 fully saturated rings. The Bertz CT molecular complexity index is 2040. The Kier molecular flexibility index (Phi) is 6.20. The topological polar surface area (TPSA) is 38.7 Å². The van der Waals surface area contributed by atoms with Crippen molar-refractivity contribution in [3.05, 3.63) is 163 Å². The van der Waals surface area contributed by atoms with E-state index in [9.17, 15) is 0 Å². The van der Waals surface area contributed by atoms with E-state index < -0.39 is 0 Å². The van der Waals surface area contributed by atoms with Crippen LogP contribution in [0.3, 0.4) is 0 Å². The third kappa shape index (κ3) is 4.81. The predicted molar refractivity (Wildman–Crippen MR) is 175 cm³/mol. The molecule has 0 N–H and O–H groups in total. The fourth-order valence-corrected chi connectivity index (χ4v) is 5.96. The molecule has 3 nitrogen and oxygen atoms in total. The summed E-state index contributed by atoms with van der Waals surface area (Å²) in [5.74, 6) is 1.98. The number of aromatic nitrogens is 3. The molecule has 8 rings (SSSR count). The molecule has 0 unspecified atom stereocenters. The minimum absolute atomic E-state index is 0.656. The Labute approximate surface area is 251 Å². The third-order valence-electron chi connectivity index (χ3n) is 8.15. The minimum atomic E-state index is 0.656. The first-order valence-electron chi connectivity index (χ1n) is 14.6. The van der Waals surface area contributed by atoms with Crippen molar-refractivity contribution in [2.24, 2.45) is 0 Å². The van der Waals surface area contributed by atoms with Crippen LogP contribution in [0.15, 0.2) is 152 Å². The molecule has 0 aliphatic heterocycles. The van der Waals surface area contributed by atoms with Crippen molar-refractivity contribution in [3.63, 3.8) is 0 Å². The molecule has 1 aromatic heterocycles. The van der Waals surface area contributed by atoms with Crippen LogP contribution in [0.1, 0.15) is 11.1 Å². The molecule has 0 radical (unpaired) electrons. The van der Waals surface area contributed by atoms with Gasteiger partial charge < -0.3 is 0 Å². The molecule has 43 heavy (non-hydrogen) atoms. The van der Waals surface area contributed by atoms with Crippen LogP contribution in [0, 0.1) is 0 Å². The van der Waals surface area contributed by atoms with Gasteiger partial charge in [0.05, 0.1) is 0 Å². The Hall–Kier alpha value is -5.67. The van der Waals surface area contributed by atoms with Crippen molar-refractivity contribution in [1.29, 1.82) is 0 Å². The van der Waals surface area contributed by atoms with Crippen LogP contribution in [0.2, 0.25) is 0 Å². The Morgan fingerprint density at radius 2 is 0.744 bits per heavy atom. The SMILES string of the molecule is c1ccc(-c2nc(-c3ccccc3)nc(-c3cccc(-c4cccc(-c5ccc6c(c5)-c5ccccc5C6)c4)c3)n2)cc1. The summed E-state index contributed by atoms with van der Waals surface area (Å²) >= 11 is 0. The summed E-state index contributed by atoms with van der Waals surface area (Å²) in [6.07, 6.45) is 1.01. The van der Waals surface area contributed by atoms with Crippen LogP contribution in [0.25, 0.3) is 67.5 Å². The summed E-state index contributed by atoms with van der Waals surface area (Å²) in [4.78, 5) is 14.7. The van der Waals surface area contributed by atoms with E-state index in [1.54, 1.807) is 0 Å². The molecule has 0 saturated carbocycles. The van der Waals surface area contributed by atoms with Crippen molar-refractivity contribution in [3.8, 4) is 67.5 Å². The largest absolute Gasteiger partial charge is 0.208 e. The zero-order valence-electron chi connectivity index (χ0n) is 23.5. The number of hydrogen-bond acceptors (Lipinski definition) is 3. The summed E-state index contributed by atoms with van der Waals surface area (Å²) < 4.78 is 0. The molecule has 0 saturated heterocycles. The highest BCUT2D eigenvalue weighted by atomic mass is 15.0. The van der Waals surface area contributed by atoms with Crippen LogP contribution >= 0.6 is 0 Å². The first-order chi connectivity index (χ1) is 21.3. The quantitative estimate of drug-likeness (QED) is 0.214. The summed E-state index contributed by atoms with van der Waals surface area (Å²) in [7, 11) is 0. The highest BCUT2D eigenvalue weighted by Gasteiger charge is 2.18. The molecule has 1 aliphatic rings. The van der Waals surface area contributed by atoms with Gasteiger partial charge in [0.1, 0.15) is 0 Å². The lowest BCUT2D eigenvalue weighted by atomic mass is 9.95. The first-order valence-corrected chi connectivity index (χ1v) is 14.6. The number of rotatable bonds is 5. The first kappa shape index (κ1) is 25.1. The number of benzene rings is 6. The van der Waals surface area contributed by atoms with E-state index in [4.69, 9.17) is 15.0 Å². The third-order valence-corrected chi connectivity index (χ3v) is 8.15. The van der Waals surface area contributed by atoms with E-state index in [0.717, 1.165) is 34.2 Å². The molecule has 1 heterocycles. The fourth-order valence-electron chi connectivity index (χ4n) is 5.96. The van der Waals surface area contributed by atoms with Crippen molar-refractivity contribution >= 4 is 0 Å². The van der Waals surface area contributed by atoms with Crippen LogP contribution in [-0.4, -0.2) is 15.0 Å². The second-order valence-electron chi connectivity index (χ2n) is 10.9. The molecule has 3 heteroatoms. The van der Waals surface area contributed by atoms with Gasteiger partial charge in [-0.15, -0.1) is 0 Å². The van der Waals surface area contributed by atoms with E-state index in [2.05, 4.69) is 91.0 Å². The summed E-state index contributed by atoms with van der Waals surface area (Å²) in [5, 5.41) is 0. The molecule has 0 amide bonds. The molecule has 0 atom stereocenters. The average molecular weight is 550 g/mol. The van der Waals surface area contributed by atoms with Crippen LogP contribution in [-0.2, 0) is 6.42 Å². The van der Waals surface area contributed by atoms with Gasteiger partial charge in [0.25, 0.3) is 0 Å². The monoisotopic (exact) mass is 549 g/mol. The Morgan fingerprint density at radius 3 is 1.37 bits per heavy atom. The second kappa shape index (κ2) is 10.6. The van der Waals surface area contributed by atoms with Gasteiger partial charge in [0, 0.05) is 16.7 Å². The molecular formula is C40H27N3. The van der Waals surface area contributed by atoms with Gasteiger partial charge in [-0.1, -0.05) is 133 Å². The molecule has 6 aromatic carbocycles. The molecular weight excluding hydrogens is 522 g/mol. The van der Waals surface area contributed by atoms with E-state index in [-0.39, 0.29) is 0 Å². The molecule has 1 aliphatic carbocycles. The number of nitrogens with zero attached hydrogens (tertiary/aromatic N) is 3. The van der Waals surface area contributed by atoms with Gasteiger partial charge in [-0.05, 0) is 69.1 Å². The Balaban J connectivity index is 1.18. The van der Waals surface area contributed by atoms with Gasteiger partial charge in [0.15, 0.2) is 17.5 Å². The lowest BCUT2D eigenvalue weighted by molar-refractivity contribution is 1.07. The van der Waals surface area contributed by atoms with Gasteiger partial charge in [0.2, 0.25) is 0 Å². The summed E-state index contributed by atoms with van der Waals surface area (Å²) in [6.45, 7) is 0. The standard InChI is InChI=1S/C40H27N3/c1-3-11-27(12-4-1)38-41-39(28-13-5-2-6-14-28)43-40(42-38)35-19-10-18-31(24-35)29-16-9-17-30(23-29)32-21-22-34-25-33-15-7-8-20-36(33)37(34)26-32/h1-24,26H,25H2. The lowest BCUT2D eigenvalue weighted by Crippen LogP contribution is -2.00. The van der Waals surface area contributed by atoms with Crippen molar-refractivity contribution < 1.29 is 0 Å². The minimum Gasteiger partial charge on any atom is -0.208 e. The van der Waals surface area contributed by atoms with Crippen molar-refractivity contribution in [2.75, 3.05) is 0 Å². The van der Waals surface area contributed by atoms with Crippen LogP contribution in [0.4, 0.5) is 0 Å². The normalized spacial score (nSPS) is 11.6. The predicted octanol–water partition coefficient (Wildman–Crippen LogP) is 9.78.